The van der Waals surface area contributed by atoms with Crippen LogP contribution in [0.2, 0.25) is 0 Å². The molecule has 2 rings (SSSR count). The SMILES string of the molecule is COCCN1C[C@@H](Cc2ccc(O)c(C)c2)CC1=O. The smallest absolute Gasteiger partial charge is 0.223 e. The molecule has 0 saturated carbocycles. The van der Waals surface area contributed by atoms with Crippen LogP contribution in [0.5, 0.6) is 5.75 Å². The van der Waals surface area contributed by atoms with Crippen LogP contribution in [-0.4, -0.2) is 42.7 Å². The summed E-state index contributed by atoms with van der Waals surface area (Å²) >= 11 is 0. The second kappa shape index (κ2) is 6.06. The number of nitrogens with zero attached hydrogens (tertiary/aromatic N) is 1. The molecule has 4 nitrogen and oxygen atoms in total. The lowest BCUT2D eigenvalue weighted by atomic mass is 9.97. The number of likely N-dealkylation sites (tertiary alicyclic amines) is 1. The Morgan fingerprint density at radius 1 is 1.47 bits per heavy atom. The van der Waals surface area contributed by atoms with E-state index in [1.165, 1.54) is 5.56 Å². The van der Waals surface area contributed by atoms with Gasteiger partial charge in [0.2, 0.25) is 5.91 Å². The van der Waals surface area contributed by atoms with Gasteiger partial charge in [-0.2, -0.15) is 0 Å². The van der Waals surface area contributed by atoms with Gasteiger partial charge in [0.25, 0.3) is 0 Å². The van der Waals surface area contributed by atoms with Crippen molar-refractivity contribution in [1.29, 1.82) is 0 Å². The predicted molar refractivity (Wildman–Crippen MR) is 73.1 cm³/mol. The van der Waals surface area contributed by atoms with Gasteiger partial charge in [0.1, 0.15) is 5.75 Å². The summed E-state index contributed by atoms with van der Waals surface area (Å²) in [6.45, 7) is 3.98. The van der Waals surface area contributed by atoms with Crippen molar-refractivity contribution in [1.82, 2.24) is 4.90 Å². The van der Waals surface area contributed by atoms with E-state index >= 15 is 0 Å². The number of rotatable bonds is 5. The third-order valence-corrected chi connectivity index (χ3v) is 3.65. The molecule has 4 heteroatoms. The van der Waals surface area contributed by atoms with E-state index in [-0.39, 0.29) is 5.91 Å². The summed E-state index contributed by atoms with van der Waals surface area (Å²) in [6.07, 6.45) is 1.50. The molecule has 0 bridgehead atoms. The summed E-state index contributed by atoms with van der Waals surface area (Å²) in [5, 5.41) is 9.51. The van der Waals surface area contributed by atoms with Crippen molar-refractivity contribution in [3.05, 3.63) is 29.3 Å². The average molecular weight is 263 g/mol. The van der Waals surface area contributed by atoms with Crippen LogP contribution in [0.1, 0.15) is 17.5 Å². The maximum absolute atomic E-state index is 11.8. The number of aromatic hydroxyl groups is 1. The van der Waals surface area contributed by atoms with Crippen LogP contribution in [0, 0.1) is 12.8 Å². The van der Waals surface area contributed by atoms with Gasteiger partial charge in [-0.1, -0.05) is 12.1 Å². The molecular formula is C15H21NO3. The molecule has 0 aliphatic carbocycles. The van der Waals surface area contributed by atoms with E-state index in [1.54, 1.807) is 13.2 Å². The fraction of sp³-hybridized carbons (Fsp3) is 0.533. The van der Waals surface area contributed by atoms with Gasteiger partial charge in [0.05, 0.1) is 6.61 Å². The Hall–Kier alpha value is -1.55. The molecular weight excluding hydrogens is 242 g/mol. The van der Waals surface area contributed by atoms with E-state index < -0.39 is 0 Å². The van der Waals surface area contributed by atoms with Gasteiger partial charge in [-0.05, 0) is 36.5 Å². The molecule has 104 valence electrons. The Balaban J connectivity index is 1.93. The highest BCUT2D eigenvalue weighted by molar-refractivity contribution is 5.78. The van der Waals surface area contributed by atoms with Crippen molar-refractivity contribution in [3.63, 3.8) is 0 Å². The number of hydrogen-bond donors (Lipinski definition) is 1. The number of carbonyl (C=O) groups is 1. The van der Waals surface area contributed by atoms with Crippen molar-refractivity contribution < 1.29 is 14.6 Å². The third-order valence-electron chi connectivity index (χ3n) is 3.65. The van der Waals surface area contributed by atoms with Crippen molar-refractivity contribution in [3.8, 4) is 5.75 Å². The van der Waals surface area contributed by atoms with E-state index in [1.807, 2.05) is 24.0 Å². The average Bonchev–Trinajstić information content (AvgIpc) is 2.72. The van der Waals surface area contributed by atoms with E-state index in [0.29, 0.717) is 31.2 Å². The molecule has 1 aromatic rings. The van der Waals surface area contributed by atoms with Crippen LogP contribution < -0.4 is 0 Å². The van der Waals surface area contributed by atoms with Gasteiger partial charge in [-0.25, -0.2) is 0 Å². The van der Waals surface area contributed by atoms with Gasteiger partial charge < -0.3 is 14.7 Å². The second-order valence-electron chi connectivity index (χ2n) is 5.23. The third kappa shape index (κ3) is 3.47. The molecule has 0 aromatic heterocycles. The predicted octanol–water partition coefficient (Wildman–Crippen LogP) is 1.74. The van der Waals surface area contributed by atoms with Gasteiger partial charge in [-0.3, -0.25) is 4.79 Å². The highest BCUT2D eigenvalue weighted by Gasteiger charge is 2.29. The lowest BCUT2D eigenvalue weighted by molar-refractivity contribution is -0.128. The van der Waals surface area contributed by atoms with Gasteiger partial charge in [0, 0.05) is 26.6 Å². The number of benzene rings is 1. The number of hydrogen-bond acceptors (Lipinski definition) is 3. The lowest BCUT2D eigenvalue weighted by Gasteiger charge is -2.16. The number of phenols is 1. The molecule has 1 heterocycles. The number of ether oxygens (including phenoxy) is 1. The van der Waals surface area contributed by atoms with Crippen LogP contribution in [0.4, 0.5) is 0 Å². The first-order valence-corrected chi connectivity index (χ1v) is 6.65. The standard InChI is InChI=1S/C15H21NO3/c1-11-7-12(3-4-14(11)17)8-13-9-15(18)16(10-13)5-6-19-2/h3-4,7,13,17H,5-6,8-10H2,1-2H3/t13-/m0/s1. The van der Waals surface area contributed by atoms with Crippen LogP contribution >= 0.6 is 0 Å². The zero-order valence-electron chi connectivity index (χ0n) is 11.6. The number of methoxy groups -OCH3 is 1. The Morgan fingerprint density at radius 3 is 2.95 bits per heavy atom. The zero-order chi connectivity index (χ0) is 13.8. The molecule has 19 heavy (non-hydrogen) atoms. The molecule has 1 amide bonds. The van der Waals surface area contributed by atoms with Crippen LogP contribution in [-0.2, 0) is 16.0 Å². The first kappa shape index (κ1) is 13.9. The lowest BCUT2D eigenvalue weighted by Crippen LogP contribution is -2.28. The summed E-state index contributed by atoms with van der Waals surface area (Å²) in [6, 6.07) is 5.66. The Morgan fingerprint density at radius 2 is 2.26 bits per heavy atom. The minimum Gasteiger partial charge on any atom is -0.508 e. The van der Waals surface area contributed by atoms with Gasteiger partial charge in [-0.15, -0.1) is 0 Å². The fourth-order valence-electron chi connectivity index (χ4n) is 2.59. The monoisotopic (exact) mass is 263 g/mol. The Kier molecular flexibility index (Phi) is 4.43. The number of phenolic OH excluding ortho intramolecular Hbond substituents is 1. The maximum atomic E-state index is 11.8. The Labute approximate surface area is 114 Å². The van der Waals surface area contributed by atoms with E-state index in [9.17, 15) is 9.90 Å². The van der Waals surface area contributed by atoms with E-state index in [0.717, 1.165) is 18.5 Å². The minimum absolute atomic E-state index is 0.220. The summed E-state index contributed by atoms with van der Waals surface area (Å²) in [7, 11) is 1.65. The summed E-state index contributed by atoms with van der Waals surface area (Å²) in [4.78, 5) is 13.7. The van der Waals surface area contributed by atoms with Gasteiger partial charge >= 0.3 is 0 Å². The molecule has 1 aliphatic rings. The highest BCUT2D eigenvalue weighted by atomic mass is 16.5. The van der Waals surface area contributed by atoms with Crippen molar-refractivity contribution in [2.75, 3.05) is 26.8 Å². The maximum Gasteiger partial charge on any atom is 0.223 e. The second-order valence-corrected chi connectivity index (χ2v) is 5.23. The van der Waals surface area contributed by atoms with Crippen molar-refractivity contribution in [2.45, 2.75) is 19.8 Å². The molecule has 1 atom stereocenters. The molecule has 1 N–H and O–H groups in total. The highest BCUT2D eigenvalue weighted by Crippen LogP contribution is 2.24. The Bertz CT molecular complexity index is 459. The first-order chi connectivity index (χ1) is 9.10. The van der Waals surface area contributed by atoms with Crippen molar-refractivity contribution in [2.24, 2.45) is 5.92 Å². The van der Waals surface area contributed by atoms with Crippen LogP contribution in [0.15, 0.2) is 18.2 Å². The number of aryl methyl sites for hydroxylation is 1. The normalized spacial score (nSPS) is 19.2. The van der Waals surface area contributed by atoms with Crippen LogP contribution in [0.3, 0.4) is 0 Å². The van der Waals surface area contributed by atoms with Crippen LogP contribution in [0.25, 0.3) is 0 Å². The molecule has 0 unspecified atom stereocenters. The van der Waals surface area contributed by atoms with Crippen molar-refractivity contribution >= 4 is 5.91 Å². The molecule has 1 aliphatic heterocycles. The van der Waals surface area contributed by atoms with Gasteiger partial charge in [0.15, 0.2) is 0 Å². The molecule has 1 fully saturated rings. The molecule has 0 radical (unpaired) electrons. The first-order valence-electron chi connectivity index (χ1n) is 6.65. The summed E-state index contributed by atoms with van der Waals surface area (Å²) < 4.78 is 5.01. The largest absolute Gasteiger partial charge is 0.508 e. The summed E-state index contributed by atoms with van der Waals surface area (Å²) in [5.74, 6) is 0.916. The fourth-order valence-corrected chi connectivity index (χ4v) is 2.59. The molecule has 1 saturated heterocycles. The molecule has 0 spiro atoms. The summed E-state index contributed by atoms with van der Waals surface area (Å²) in [5.41, 5.74) is 2.07. The molecule has 1 aromatic carbocycles. The van der Waals surface area contributed by atoms with E-state index in [2.05, 4.69) is 0 Å². The van der Waals surface area contributed by atoms with E-state index in [4.69, 9.17) is 4.74 Å². The topological polar surface area (TPSA) is 49.8 Å². The number of carbonyl (C=O) groups excluding carboxylic acids is 1. The minimum atomic E-state index is 0.220. The quantitative estimate of drug-likeness (QED) is 0.880. The zero-order valence-corrected chi connectivity index (χ0v) is 11.6. The number of amides is 1.